The molecule has 11 heteroatoms. The largest absolute Gasteiger partial charge is 0.457 e. The Morgan fingerprint density at radius 3 is 1.31 bits per heavy atom. The van der Waals surface area contributed by atoms with Crippen LogP contribution in [0.5, 0.6) is 11.5 Å². The lowest BCUT2D eigenvalue weighted by molar-refractivity contribution is 0.379. The molecule has 0 unspecified atom stereocenters. The van der Waals surface area contributed by atoms with E-state index < -0.39 is 13.5 Å². The maximum atomic E-state index is 7.74. The van der Waals surface area contributed by atoms with Crippen molar-refractivity contribution in [2.45, 2.75) is 18.3 Å². The van der Waals surface area contributed by atoms with Gasteiger partial charge in [0.05, 0.1) is 22.1 Å². The third kappa shape index (κ3) is 8.82. The van der Waals surface area contributed by atoms with E-state index in [2.05, 4.69) is 233 Å². The SMILES string of the molecule is c1ccc(-c2nc(CC3(Cc4nc(-c5ccccc5)nc(-c5ccccc5)n4)c4ccccc4Oc4c3cccc4[Si](c3ccccc3)(c3ccccc3)c3cccc(-n4c5ccccc5n5c6ccccc6nc45)c3)nc(-c3ccccc3)n2)cc1. The Morgan fingerprint density at radius 1 is 0.345 bits per heavy atom. The van der Waals surface area contributed by atoms with Gasteiger partial charge in [-0.2, -0.15) is 0 Å². The summed E-state index contributed by atoms with van der Waals surface area (Å²) in [6.45, 7) is 0. The fourth-order valence-electron chi connectivity index (χ4n) is 13.2. The highest BCUT2D eigenvalue weighted by Crippen LogP contribution is 2.51. The summed E-state index contributed by atoms with van der Waals surface area (Å²) in [6.07, 6.45) is 0.629. The lowest BCUT2D eigenvalue weighted by Gasteiger charge is -2.43. The molecule has 1 aliphatic heterocycles. The standard InChI is InChI=1S/C76H53N9OSi/c1-7-27-52(28-8-1)71-78-68(79-72(82-71)53-29-9-2-10-30-53)50-76(51-69-80-73(54-31-11-3-12-32-54)83-74(81-69)55-33-13-4-14-34-55)60-41-19-24-47-66(60)86-70-61(76)42-26-48-67(70)87(57-36-15-5-16-37-57,58-38-17-6-18-39-58)59-40-25-35-56(49-59)84-64-45-22-23-46-65(64)85-63-44-21-20-43-62(63)77-75(84)85/h1-49H,50-51H2. The van der Waals surface area contributed by atoms with Gasteiger partial charge in [0.15, 0.2) is 31.4 Å². The smallest absolute Gasteiger partial charge is 0.220 e. The lowest BCUT2D eigenvalue weighted by Crippen LogP contribution is -2.75. The van der Waals surface area contributed by atoms with Crippen LogP contribution in [0.1, 0.15) is 22.8 Å². The first-order chi connectivity index (χ1) is 43.1. The molecular weight excluding hydrogens is 1080 g/mol. The Labute approximate surface area is 503 Å². The van der Waals surface area contributed by atoms with Gasteiger partial charge in [-0.15, -0.1) is 0 Å². The van der Waals surface area contributed by atoms with Gasteiger partial charge in [0.25, 0.3) is 0 Å². The summed E-state index contributed by atoms with van der Waals surface area (Å²) in [5, 5.41) is 4.64. The third-order valence-electron chi connectivity index (χ3n) is 17.0. The molecular formula is C76H53N9OSi. The van der Waals surface area contributed by atoms with Crippen LogP contribution >= 0.6 is 0 Å². The average molecular weight is 1140 g/mol. The summed E-state index contributed by atoms with van der Waals surface area (Å²) in [4.78, 5) is 37.6. The maximum absolute atomic E-state index is 7.74. The molecule has 0 fully saturated rings. The molecule has 0 saturated heterocycles. The van der Waals surface area contributed by atoms with E-state index in [1.165, 1.54) is 15.6 Å². The minimum atomic E-state index is -3.52. The Kier molecular flexibility index (Phi) is 12.6. The van der Waals surface area contributed by atoms with E-state index in [1.54, 1.807) is 0 Å². The molecule has 16 rings (SSSR count). The normalized spacial score (nSPS) is 12.6. The molecule has 0 atom stereocenters. The van der Waals surface area contributed by atoms with Gasteiger partial charge >= 0.3 is 0 Å². The first-order valence-electron chi connectivity index (χ1n) is 29.3. The number of nitrogens with zero attached hydrogens (tertiary/aromatic N) is 9. The predicted molar refractivity (Wildman–Crippen MR) is 349 cm³/mol. The minimum absolute atomic E-state index is 0.315. The second-order valence-corrected chi connectivity index (χ2v) is 25.8. The van der Waals surface area contributed by atoms with Crippen molar-refractivity contribution in [3.05, 3.63) is 320 Å². The molecule has 0 N–H and O–H groups in total. The molecule has 11 aromatic carbocycles. The molecule has 0 bridgehead atoms. The van der Waals surface area contributed by atoms with Crippen LogP contribution in [0.25, 0.3) is 79.1 Å². The highest BCUT2D eigenvalue weighted by molar-refractivity contribution is 7.20. The van der Waals surface area contributed by atoms with Crippen LogP contribution < -0.4 is 25.5 Å². The van der Waals surface area contributed by atoms with Crippen LogP contribution in [-0.4, -0.2) is 51.9 Å². The summed E-state index contributed by atoms with van der Waals surface area (Å²) >= 11 is 0. The zero-order chi connectivity index (χ0) is 57.7. The van der Waals surface area contributed by atoms with Crippen molar-refractivity contribution in [1.82, 2.24) is 43.9 Å². The molecule has 0 amide bonds. The van der Waals surface area contributed by atoms with Crippen molar-refractivity contribution in [3.63, 3.8) is 0 Å². The number of ether oxygens (including phenoxy) is 1. The fraction of sp³-hybridized carbons (Fsp3) is 0.0395. The van der Waals surface area contributed by atoms with Crippen LogP contribution in [-0.2, 0) is 18.3 Å². The van der Waals surface area contributed by atoms with Gasteiger partial charge in [0.2, 0.25) is 5.78 Å². The first-order valence-corrected chi connectivity index (χ1v) is 31.3. The summed E-state index contributed by atoms with van der Waals surface area (Å²) in [5.41, 5.74) is 9.63. The van der Waals surface area contributed by atoms with Crippen LogP contribution in [0.4, 0.5) is 0 Å². The van der Waals surface area contributed by atoms with Gasteiger partial charge in [-0.05, 0) is 63.2 Å². The van der Waals surface area contributed by atoms with Crippen molar-refractivity contribution < 1.29 is 4.74 Å². The van der Waals surface area contributed by atoms with Gasteiger partial charge in [-0.1, -0.05) is 255 Å². The van der Waals surface area contributed by atoms with Crippen molar-refractivity contribution in [2.24, 2.45) is 0 Å². The van der Waals surface area contributed by atoms with Crippen molar-refractivity contribution in [2.75, 3.05) is 0 Å². The average Bonchev–Trinajstić information content (AvgIpc) is 1.16. The lowest BCUT2D eigenvalue weighted by atomic mass is 9.67. The molecule has 0 saturated carbocycles. The van der Waals surface area contributed by atoms with Gasteiger partial charge in [-0.3, -0.25) is 8.97 Å². The van der Waals surface area contributed by atoms with Crippen LogP contribution in [0.3, 0.4) is 0 Å². The quantitative estimate of drug-likeness (QED) is 0.0830. The maximum Gasteiger partial charge on any atom is 0.220 e. The number of imidazole rings is 2. The Bertz CT molecular complexity index is 4740. The number of fused-ring (bicyclic) bond motifs is 7. The van der Waals surface area contributed by atoms with E-state index in [1.807, 2.05) is 72.8 Å². The number of hydrogen-bond donors (Lipinski definition) is 0. The monoisotopic (exact) mass is 1140 g/mol. The Balaban J connectivity index is 0.989. The van der Waals surface area contributed by atoms with E-state index in [-0.39, 0.29) is 0 Å². The van der Waals surface area contributed by atoms with Gasteiger partial charge in [0.1, 0.15) is 23.1 Å². The second-order valence-electron chi connectivity index (χ2n) is 22.1. The Morgan fingerprint density at radius 2 is 0.770 bits per heavy atom. The van der Waals surface area contributed by atoms with E-state index in [0.717, 1.165) is 83.6 Å². The summed E-state index contributed by atoms with van der Waals surface area (Å²) < 4.78 is 12.3. The molecule has 0 spiro atoms. The number of rotatable bonds is 13. The molecule has 0 radical (unpaired) electrons. The topological polar surface area (TPSA) is 109 Å². The summed E-state index contributed by atoms with van der Waals surface area (Å²) in [5.74, 6) is 5.88. The van der Waals surface area contributed by atoms with Crippen LogP contribution in [0.15, 0.2) is 297 Å². The number of para-hydroxylation sites is 6. The molecule has 4 aromatic heterocycles. The Hall–Kier alpha value is -11.3. The zero-order valence-corrected chi connectivity index (χ0v) is 48.1. The summed E-state index contributed by atoms with van der Waals surface area (Å²) in [7, 11) is -3.52. The second kappa shape index (κ2) is 21.4. The van der Waals surface area contributed by atoms with Gasteiger partial charge in [-0.25, -0.2) is 34.9 Å². The van der Waals surface area contributed by atoms with Gasteiger partial charge in [0, 0.05) is 57.3 Å². The minimum Gasteiger partial charge on any atom is -0.457 e. The first kappa shape index (κ1) is 51.4. The van der Waals surface area contributed by atoms with E-state index in [0.29, 0.717) is 47.8 Å². The van der Waals surface area contributed by atoms with E-state index >= 15 is 0 Å². The van der Waals surface area contributed by atoms with Gasteiger partial charge < -0.3 is 4.74 Å². The van der Waals surface area contributed by atoms with Crippen LogP contribution in [0.2, 0.25) is 0 Å². The molecule has 0 aliphatic carbocycles. The molecule has 87 heavy (non-hydrogen) atoms. The number of benzene rings is 11. The molecule has 412 valence electrons. The number of hydrogen-bond acceptors (Lipinski definition) is 8. The zero-order valence-electron chi connectivity index (χ0n) is 47.1. The molecule has 15 aromatic rings. The number of aromatic nitrogens is 9. The van der Waals surface area contributed by atoms with E-state index in [9.17, 15) is 0 Å². The third-order valence-corrected chi connectivity index (χ3v) is 21.8. The fourth-order valence-corrected chi connectivity index (χ4v) is 18.1. The highest BCUT2D eigenvalue weighted by Gasteiger charge is 2.50. The van der Waals surface area contributed by atoms with E-state index in [4.69, 9.17) is 39.6 Å². The summed E-state index contributed by atoms with van der Waals surface area (Å²) in [6, 6.07) is 104. The van der Waals surface area contributed by atoms with Crippen molar-refractivity contribution >= 4 is 56.7 Å². The highest BCUT2D eigenvalue weighted by atomic mass is 28.3. The van der Waals surface area contributed by atoms with Crippen molar-refractivity contribution in [1.29, 1.82) is 0 Å². The predicted octanol–water partition coefficient (Wildman–Crippen LogP) is 13.7. The van der Waals surface area contributed by atoms with Crippen LogP contribution in [0, 0.1) is 0 Å². The van der Waals surface area contributed by atoms with Crippen molar-refractivity contribution in [3.8, 4) is 62.7 Å². The molecule has 1 aliphatic rings. The molecule has 10 nitrogen and oxygen atoms in total. The molecule has 5 heterocycles.